The zero-order valence-corrected chi connectivity index (χ0v) is 8.41. The SMILES string of the molecule is COC(=S)CP(=O)(OC)OC. The summed E-state index contributed by atoms with van der Waals surface area (Å²) in [6.07, 6.45) is 0.0197. The summed E-state index contributed by atoms with van der Waals surface area (Å²) in [5.41, 5.74) is 0. The standard InChI is InChI=1S/C5H11O4PS/c1-7-5(11)4-10(6,8-2)9-3/h4H2,1-3H3. The molecule has 0 fully saturated rings. The Hall–Kier alpha value is 0.0400. The van der Waals surface area contributed by atoms with Crippen LogP contribution in [0.1, 0.15) is 0 Å². The van der Waals surface area contributed by atoms with Crippen molar-refractivity contribution in [3.8, 4) is 0 Å². The zero-order valence-electron chi connectivity index (χ0n) is 6.70. The first-order valence-corrected chi connectivity index (χ1v) is 4.99. The number of hydrogen-bond acceptors (Lipinski definition) is 5. The van der Waals surface area contributed by atoms with Gasteiger partial charge in [-0.3, -0.25) is 4.57 Å². The molecule has 11 heavy (non-hydrogen) atoms. The molecule has 0 saturated carbocycles. The average molecular weight is 198 g/mol. The number of rotatable bonds is 4. The van der Waals surface area contributed by atoms with Gasteiger partial charge in [-0.05, 0) is 12.2 Å². The molecular weight excluding hydrogens is 187 g/mol. The maximum absolute atomic E-state index is 11.3. The van der Waals surface area contributed by atoms with Gasteiger partial charge in [-0.15, -0.1) is 0 Å². The van der Waals surface area contributed by atoms with Gasteiger partial charge in [0, 0.05) is 14.2 Å². The molecular formula is C5H11O4PS. The van der Waals surface area contributed by atoms with Crippen LogP contribution >= 0.6 is 19.8 Å². The summed E-state index contributed by atoms with van der Waals surface area (Å²) in [6, 6.07) is 0. The molecule has 0 spiro atoms. The van der Waals surface area contributed by atoms with Crippen molar-refractivity contribution >= 4 is 24.9 Å². The van der Waals surface area contributed by atoms with Crippen LogP contribution < -0.4 is 0 Å². The molecule has 0 aromatic rings. The van der Waals surface area contributed by atoms with E-state index in [2.05, 4.69) is 26.0 Å². The lowest BCUT2D eigenvalue weighted by Crippen LogP contribution is -2.06. The largest absolute Gasteiger partial charge is 0.490 e. The number of methoxy groups -OCH3 is 1. The van der Waals surface area contributed by atoms with Gasteiger partial charge >= 0.3 is 7.60 Å². The quantitative estimate of drug-likeness (QED) is 0.505. The van der Waals surface area contributed by atoms with Crippen molar-refractivity contribution < 1.29 is 18.3 Å². The fourth-order valence-corrected chi connectivity index (χ4v) is 1.75. The molecule has 0 unspecified atom stereocenters. The van der Waals surface area contributed by atoms with Gasteiger partial charge in [0.25, 0.3) is 0 Å². The maximum Gasteiger partial charge on any atom is 0.338 e. The monoisotopic (exact) mass is 198 g/mol. The molecule has 0 saturated heterocycles. The lowest BCUT2D eigenvalue weighted by atomic mass is 10.9. The van der Waals surface area contributed by atoms with Crippen molar-refractivity contribution in [2.45, 2.75) is 0 Å². The molecule has 0 aromatic carbocycles. The van der Waals surface area contributed by atoms with E-state index in [-0.39, 0.29) is 11.2 Å². The summed E-state index contributed by atoms with van der Waals surface area (Å²) in [7, 11) is 1.01. The number of thiocarbonyl (C=S) groups is 1. The average Bonchev–Trinajstić information content (AvgIpc) is 2.04. The van der Waals surface area contributed by atoms with E-state index in [0.29, 0.717) is 0 Å². The third kappa shape index (κ3) is 3.82. The summed E-state index contributed by atoms with van der Waals surface area (Å²) in [5.74, 6) is 0. The minimum Gasteiger partial charge on any atom is -0.490 e. The van der Waals surface area contributed by atoms with E-state index in [1.165, 1.54) is 21.3 Å². The second-order valence-electron chi connectivity index (χ2n) is 1.71. The molecule has 66 valence electrons. The summed E-state index contributed by atoms with van der Waals surface area (Å²) in [6.45, 7) is 0. The van der Waals surface area contributed by atoms with Crippen LogP contribution in [0.2, 0.25) is 0 Å². The smallest absolute Gasteiger partial charge is 0.338 e. The molecule has 0 aliphatic heterocycles. The molecule has 0 bridgehead atoms. The molecule has 0 radical (unpaired) electrons. The molecule has 0 aliphatic carbocycles. The molecule has 6 heteroatoms. The van der Waals surface area contributed by atoms with Crippen LogP contribution in [0.15, 0.2) is 0 Å². The van der Waals surface area contributed by atoms with Gasteiger partial charge in [-0.25, -0.2) is 0 Å². The van der Waals surface area contributed by atoms with Crippen LogP contribution in [0.25, 0.3) is 0 Å². The van der Waals surface area contributed by atoms with Gasteiger partial charge in [-0.2, -0.15) is 0 Å². The maximum atomic E-state index is 11.3. The van der Waals surface area contributed by atoms with Crippen molar-refractivity contribution in [1.29, 1.82) is 0 Å². The van der Waals surface area contributed by atoms with Gasteiger partial charge in [0.1, 0.15) is 6.16 Å². The van der Waals surface area contributed by atoms with Crippen LogP contribution in [0.3, 0.4) is 0 Å². The lowest BCUT2D eigenvalue weighted by Gasteiger charge is -2.12. The predicted molar refractivity (Wildman–Crippen MR) is 46.1 cm³/mol. The Kier molecular flexibility index (Phi) is 4.84. The van der Waals surface area contributed by atoms with Crippen LogP contribution in [0, 0.1) is 0 Å². The third-order valence-corrected chi connectivity index (χ3v) is 3.42. The van der Waals surface area contributed by atoms with E-state index < -0.39 is 7.60 Å². The highest BCUT2D eigenvalue weighted by Gasteiger charge is 2.23. The van der Waals surface area contributed by atoms with E-state index in [1.54, 1.807) is 0 Å². The molecule has 0 amide bonds. The molecule has 0 heterocycles. The molecule has 0 atom stereocenters. The summed E-state index contributed by atoms with van der Waals surface area (Å²) >= 11 is 4.68. The second-order valence-corrected chi connectivity index (χ2v) is 4.43. The fraction of sp³-hybridized carbons (Fsp3) is 0.800. The van der Waals surface area contributed by atoms with Crippen LogP contribution in [0.5, 0.6) is 0 Å². The van der Waals surface area contributed by atoms with Crippen LogP contribution in [-0.4, -0.2) is 32.5 Å². The van der Waals surface area contributed by atoms with E-state index >= 15 is 0 Å². The van der Waals surface area contributed by atoms with Gasteiger partial charge in [0.05, 0.1) is 7.11 Å². The van der Waals surface area contributed by atoms with Crippen molar-refractivity contribution in [3.05, 3.63) is 0 Å². The number of hydrogen-bond donors (Lipinski definition) is 0. The van der Waals surface area contributed by atoms with E-state index in [0.717, 1.165) is 0 Å². The highest BCUT2D eigenvalue weighted by atomic mass is 32.1. The Morgan fingerprint density at radius 3 is 2.09 bits per heavy atom. The van der Waals surface area contributed by atoms with Gasteiger partial charge in [-0.1, -0.05) is 0 Å². The molecule has 4 nitrogen and oxygen atoms in total. The zero-order chi connectivity index (χ0) is 8.91. The van der Waals surface area contributed by atoms with E-state index in [9.17, 15) is 4.57 Å². The Balaban J connectivity index is 4.09. The molecule has 0 N–H and O–H groups in total. The topological polar surface area (TPSA) is 44.8 Å². The van der Waals surface area contributed by atoms with Crippen molar-refractivity contribution in [1.82, 2.24) is 0 Å². The first kappa shape index (κ1) is 11.0. The Morgan fingerprint density at radius 2 is 1.82 bits per heavy atom. The van der Waals surface area contributed by atoms with Gasteiger partial charge < -0.3 is 13.8 Å². The highest BCUT2D eigenvalue weighted by molar-refractivity contribution is 7.81. The normalized spacial score (nSPS) is 11.2. The minimum absolute atomic E-state index is 0.0197. The predicted octanol–water partition coefficient (Wildman–Crippen LogP) is 1.45. The third-order valence-electron chi connectivity index (χ3n) is 1.11. The summed E-state index contributed by atoms with van der Waals surface area (Å²) in [4.78, 5) is 0. The van der Waals surface area contributed by atoms with E-state index in [4.69, 9.17) is 0 Å². The number of ether oxygens (including phenoxy) is 1. The van der Waals surface area contributed by atoms with Crippen LogP contribution in [0.4, 0.5) is 0 Å². The van der Waals surface area contributed by atoms with Crippen molar-refractivity contribution in [2.75, 3.05) is 27.5 Å². The molecule has 0 aromatic heterocycles. The van der Waals surface area contributed by atoms with Crippen LogP contribution in [-0.2, 0) is 18.3 Å². The minimum atomic E-state index is -3.02. The van der Waals surface area contributed by atoms with Crippen molar-refractivity contribution in [3.63, 3.8) is 0 Å². The Bertz CT molecular complexity index is 173. The lowest BCUT2D eigenvalue weighted by molar-refractivity contribution is 0.277. The second kappa shape index (κ2) is 4.83. The Morgan fingerprint density at radius 1 is 1.36 bits per heavy atom. The fourth-order valence-electron chi connectivity index (χ4n) is 0.426. The Labute approximate surface area is 71.4 Å². The van der Waals surface area contributed by atoms with E-state index in [1.807, 2.05) is 0 Å². The highest BCUT2D eigenvalue weighted by Crippen LogP contribution is 2.46. The van der Waals surface area contributed by atoms with Gasteiger partial charge in [0.2, 0.25) is 0 Å². The summed E-state index contributed by atoms with van der Waals surface area (Å²) < 4.78 is 25.2. The molecule has 0 rings (SSSR count). The van der Waals surface area contributed by atoms with Gasteiger partial charge in [0.15, 0.2) is 5.05 Å². The van der Waals surface area contributed by atoms with Crippen molar-refractivity contribution in [2.24, 2.45) is 0 Å². The first-order chi connectivity index (χ1) is 5.08. The molecule has 0 aliphatic rings. The first-order valence-electron chi connectivity index (χ1n) is 2.85. The summed E-state index contributed by atoms with van der Waals surface area (Å²) in [5, 5.41) is 0.219.